The number of ketones is 1. The quantitative estimate of drug-likeness (QED) is 0.858. The summed E-state index contributed by atoms with van der Waals surface area (Å²) in [5, 5.41) is 10.7. The van der Waals surface area contributed by atoms with Gasteiger partial charge in [0.2, 0.25) is 5.88 Å². The summed E-state index contributed by atoms with van der Waals surface area (Å²) < 4.78 is 1.89. The monoisotopic (exact) mass is 354 g/mol. The van der Waals surface area contributed by atoms with Crippen molar-refractivity contribution in [2.45, 2.75) is 25.8 Å². The highest BCUT2D eigenvalue weighted by Crippen LogP contribution is 2.36. The van der Waals surface area contributed by atoms with Gasteiger partial charge in [-0.1, -0.05) is 23.2 Å². The van der Waals surface area contributed by atoms with Gasteiger partial charge in [-0.25, -0.2) is 9.36 Å². The van der Waals surface area contributed by atoms with Gasteiger partial charge < -0.3 is 5.11 Å². The molecule has 1 aliphatic rings. The summed E-state index contributed by atoms with van der Waals surface area (Å²) in [6.45, 7) is 1.16. The average Bonchev–Trinajstić information content (AvgIpc) is 3.21. The maximum absolute atomic E-state index is 12.7. The summed E-state index contributed by atoms with van der Waals surface area (Å²) in [6.07, 6.45) is 1.39. The molecular weight excluding hydrogens is 343 g/mol. The Hall–Kier alpha value is -2.05. The van der Waals surface area contributed by atoms with Crippen molar-refractivity contribution in [3.63, 3.8) is 0 Å². The minimum absolute atomic E-state index is 0.148. The molecule has 1 aliphatic carbocycles. The number of hydrogen-bond donors (Lipinski definition) is 1. The minimum Gasteiger partial charge on any atom is -0.494 e. The van der Waals surface area contributed by atoms with Crippen molar-refractivity contribution in [2.75, 3.05) is 0 Å². The van der Waals surface area contributed by atoms with Crippen molar-refractivity contribution >= 4 is 29.0 Å². The van der Waals surface area contributed by atoms with Gasteiger partial charge in [0.15, 0.2) is 5.78 Å². The van der Waals surface area contributed by atoms with E-state index in [4.69, 9.17) is 23.2 Å². The molecule has 1 aromatic heterocycles. The zero-order chi connectivity index (χ0) is 16.9. The van der Waals surface area contributed by atoms with E-state index < -0.39 is 28.5 Å². The normalized spacial score (nSPS) is 14.0. The van der Waals surface area contributed by atoms with Crippen molar-refractivity contribution < 1.29 is 9.90 Å². The SMILES string of the molecule is CC(=O)c1c(O)n(C2CC2)c(=O)n(-c2cc(Cl)cc(Cl)c2)c1=O. The van der Waals surface area contributed by atoms with Crippen LogP contribution in [0.25, 0.3) is 5.69 Å². The fourth-order valence-corrected chi connectivity index (χ4v) is 2.99. The lowest BCUT2D eigenvalue weighted by Gasteiger charge is -2.14. The molecule has 3 rings (SSSR count). The number of aromatic hydroxyl groups is 1. The first kappa shape index (κ1) is 15.8. The van der Waals surface area contributed by atoms with Crippen LogP contribution in [-0.2, 0) is 0 Å². The molecule has 6 nitrogen and oxygen atoms in total. The van der Waals surface area contributed by atoms with Crippen molar-refractivity contribution in [3.8, 4) is 11.6 Å². The van der Waals surface area contributed by atoms with Crippen molar-refractivity contribution in [2.24, 2.45) is 0 Å². The molecule has 0 unspecified atom stereocenters. The molecule has 23 heavy (non-hydrogen) atoms. The van der Waals surface area contributed by atoms with E-state index in [1.807, 2.05) is 0 Å². The van der Waals surface area contributed by atoms with E-state index in [0.29, 0.717) is 12.8 Å². The van der Waals surface area contributed by atoms with Gasteiger partial charge in [0, 0.05) is 16.1 Å². The number of nitrogens with zero attached hydrogens (tertiary/aromatic N) is 2. The largest absolute Gasteiger partial charge is 0.494 e. The third-order valence-electron chi connectivity index (χ3n) is 3.64. The first-order valence-corrected chi connectivity index (χ1v) is 7.64. The molecule has 1 N–H and O–H groups in total. The lowest BCUT2D eigenvalue weighted by Crippen LogP contribution is -2.41. The molecule has 0 spiro atoms. The molecule has 1 saturated carbocycles. The van der Waals surface area contributed by atoms with Gasteiger partial charge in [-0.05, 0) is 38.0 Å². The second kappa shape index (κ2) is 5.54. The third-order valence-corrected chi connectivity index (χ3v) is 4.07. The minimum atomic E-state index is -0.893. The molecule has 0 saturated heterocycles. The number of hydrogen-bond acceptors (Lipinski definition) is 4. The summed E-state index contributed by atoms with van der Waals surface area (Å²) in [6, 6.07) is 4.04. The molecule has 0 radical (unpaired) electrons. The van der Waals surface area contributed by atoms with E-state index in [-0.39, 0.29) is 21.8 Å². The van der Waals surface area contributed by atoms with E-state index >= 15 is 0 Å². The summed E-state index contributed by atoms with van der Waals surface area (Å²) in [5.74, 6) is -1.21. The number of halogens is 2. The summed E-state index contributed by atoms with van der Waals surface area (Å²) in [4.78, 5) is 37.0. The van der Waals surface area contributed by atoms with E-state index in [2.05, 4.69) is 0 Å². The zero-order valence-corrected chi connectivity index (χ0v) is 13.6. The number of benzene rings is 1. The van der Waals surface area contributed by atoms with E-state index in [9.17, 15) is 19.5 Å². The Kier molecular flexibility index (Phi) is 3.82. The molecule has 0 aliphatic heterocycles. The number of carbonyl (C=O) groups is 1. The Bertz CT molecular complexity index is 921. The Morgan fingerprint density at radius 3 is 2.22 bits per heavy atom. The van der Waals surface area contributed by atoms with Crippen molar-refractivity contribution in [1.29, 1.82) is 0 Å². The second-order valence-corrected chi connectivity index (χ2v) is 6.28. The Morgan fingerprint density at radius 2 is 1.74 bits per heavy atom. The van der Waals surface area contributed by atoms with Gasteiger partial charge in [0.05, 0.1) is 5.69 Å². The van der Waals surface area contributed by atoms with Gasteiger partial charge in [0.1, 0.15) is 5.56 Å². The maximum Gasteiger partial charge on any atom is 0.338 e. The molecular formula is C15H12Cl2N2O4. The molecule has 1 heterocycles. The topological polar surface area (TPSA) is 81.3 Å². The predicted molar refractivity (Wildman–Crippen MR) is 86.3 cm³/mol. The molecule has 1 fully saturated rings. The third kappa shape index (κ3) is 2.68. The number of rotatable bonds is 3. The molecule has 1 aromatic carbocycles. The van der Waals surface area contributed by atoms with Gasteiger partial charge in [0.25, 0.3) is 5.56 Å². The van der Waals surface area contributed by atoms with Gasteiger partial charge in [-0.3, -0.25) is 14.2 Å². The lowest BCUT2D eigenvalue weighted by molar-refractivity contribution is 0.101. The molecule has 0 amide bonds. The molecule has 0 bridgehead atoms. The Morgan fingerprint density at radius 1 is 1.17 bits per heavy atom. The first-order chi connectivity index (χ1) is 10.8. The highest BCUT2D eigenvalue weighted by molar-refractivity contribution is 6.34. The molecule has 2 aromatic rings. The van der Waals surface area contributed by atoms with Gasteiger partial charge >= 0.3 is 5.69 Å². The van der Waals surface area contributed by atoms with Crippen LogP contribution in [-0.4, -0.2) is 20.0 Å². The number of aromatic nitrogens is 2. The van der Waals surface area contributed by atoms with Crippen molar-refractivity contribution in [1.82, 2.24) is 9.13 Å². The number of carbonyl (C=O) groups excluding carboxylic acids is 1. The highest BCUT2D eigenvalue weighted by atomic mass is 35.5. The highest BCUT2D eigenvalue weighted by Gasteiger charge is 2.32. The fourth-order valence-electron chi connectivity index (χ4n) is 2.48. The van der Waals surface area contributed by atoms with Crippen molar-refractivity contribution in [3.05, 3.63) is 54.6 Å². The molecule has 0 atom stereocenters. The summed E-state index contributed by atoms with van der Waals surface area (Å²) >= 11 is 11.9. The molecule has 8 heteroatoms. The lowest BCUT2D eigenvalue weighted by atomic mass is 10.2. The van der Waals surface area contributed by atoms with E-state index in [1.54, 1.807) is 0 Å². The summed E-state index contributed by atoms with van der Waals surface area (Å²) in [5.41, 5.74) is -1.89. The van der Waals surface area contributed by atoms with Crippen LogP contribution in [0.15, 0.2) is 27.8 Å². The van der Waals surface area contributed by atoms with E-state index in [1.165, 1.54) is 18.2 Å². The fraction of sp³-hybridized carbons (Fsp3) is 0.267. The van der Waals surface area contributed by atoms with Crippen LogP contribution in [0.1, 0.15) is 36.2 Å². The first-order valence-electron chi connectivity index (χ1n) is 6.89. The molecule has 120 valence electrons. The maximum atomic E-state index is 12.7. The Balaban J connectivity index is 2.43. The zero-order valence-electron chi connectivity index (χ0n) is 12.0. The van der Waals surface area contributed by atoms with Crippen LogP contribution in [0, 0.1) is 0 Å². The van der Waals surface area contributed by atoms with Crippen LogP contribution >= 0.6 is 23.2 Å². The van der Waals surface area contributed by atoms with Crippen LogP contribution in [0.5, 0.6) is 5.88 Å². The van der Waals surface area contributed by atoms with Crippen LogP contribution < -0.4 is 11.2 Å². The van der Waals surface area contributed by atoms with Gasteiger partial charge in [-0.2, -0.15) is 0 Å². The predicted octanol–water partition coefficient (Wildman–Crippen LogP) is 2.55. The van der Waals surface area contributed by atoms with Crippen LogP contribution in [0.2, 0.25) is 10.0 Å². The standard InChI is InChI=1S/C15H12Cl2N2O4/c1-7(20)12-13(21)18(10-2-3-10)15(23)19(14(12)22)11-5-8(16)4-9(17)6-11/h4-6,10,21H,2-3H2,1H3. The van der Waals surface area contributed by atoms with Crippen LogP contribution in [0.4, 0.5) is 0 Å². The summed E-state index contributed by atoms with van der Waals surface area (Å²) in [7, 11) is 0. The van der Waals surface area contributed by atoms with Gasteiger partial charge in [-0.15, -0.1) is 0 Å². The van der Waals surface area contributed by atoms with E-state index in [0.717, 1.165) is 16.1 Å². The second-order valence-electron chi connectivity index (χ2n) is 5.41. The Labute approximate surface area is 140 Å². The number of Topliss-reactive ketones (excluding diaryl/α,β-unsaturated/α-hetero) is 1. The average molecular weight is 355 g/mol. The van der Waals surface area contributed by atoms with Crippen LogP contribution in [0.3, 0.4) is 0 Å². The smallest absolute Gasteiger partial charge is 0.338 e.